The molecule has 2 unspecified atom stereocenters. The van der Waals surface area contributed by atoms with Crippen molar-refractivity contribution in [1.29, 1.82) is 0 Å². The molecule has 32 heavy (non-hydrogen) atoms. The van der Waals surface area contributed by atoms with Gasteiger partial charge < -0.3 is 20.4 Å². The van der Waals surface area contributed by atoms with Gasteiger partial charge >= 0.3 is 5.97 Å². The molecule has 0 radical (unpaired) electrons. The van der Waals surface area contributed by atoms with Gasteiger partial charge in [0.2, 0.25) is 5.91 Å². The fourth-order valence-corrected chi connectivity index (χ4v) is 4.00. The van der Waals surface area contributed by atoms with E-state index in [0.29, 0.717) is 31.8 Å². The van der Waals surface area contributed by atoms with Crippen molar-refractivity contribution in [3.8, 4) is 0 Å². The predicted molar refractivity (Wildman–Crippen MR) is 116 cm³/mol. The Morgan fingerprint density at radius 1 is 1.22 bits per heavy atom. The van der Waals surface area contributed by atoms with E-state index in [-0.39, 0.29) is 30.8 Å². The van der Waals surface area contributed by atoms with Gasteiger partial charge in [0.1, 0.15) is 0 Å². The molecule has 10 nitrogen and oxygen atoms in total. The first-order valence-electron chi connectivity index (χ1n) is 11.1. The van der Waals surface area contributed by atoms with Gasteiger partial charge in [0.15, 0.2) is 5.82 Å². The highest BCUT2D eigenvalue weighted by Crippen LogP contribution is 2.21. The summed E-state index contributed by atoms with van der Waals surface area (Å²) >= 11 is 0. The standard InChI is InChI=1S/C22H32N6O4/c1-15(2)21(23-13-18(29)12-20(31)32)22-24-25-26-28(22)10-5-8-19(30)27-11-9-16-6-3-4-7-17(16)14-27/h3-4,6-7,15,18,21,23,29H,5,8-14H2,1-2H3,(H,31,32). The van der Waals surface area contributed by atoms with E-state index in [2.05, 4.69) is 33.0 Å². The Kier molecular flexibility index (Phi) is 8.29. The smallest absolute Gasteiger partial charge is 0.306 e. The molecule has 2 atom stereocenters. The molecule has 3 rings (SSSR count). The van der Waals surface area contributed by atoms with Crippen LogP contribution >= 0.6 is 0 Å². The van der Waals surface area contributed by atoms with Crippen molar-refractivity contribution < 1.29 is 19.8 Å². The average molecular weight is 445 g/mol. The number of aryl methyl sites for hydroxylation is 1. The lowest BCUT2D eigenvalue weighted by molar-refractivity contribution is -0.139. The van der Waals surface area contributed by atoms with Crippen LogP contribution in [0.2, 0.25) is 0 Å². The summed E-state index contributed by atoms with van der Waals surface area (Å²) in [5.41, 5.74) is 2.53. The third-order valence-corrected chi connectivity index (χ3v) is 5.73. The van der Waals surface area contributed by atoms with Gasteiger partial charge in [-0.3, -0.25) is 9.59 Å². The number of aliphatic hydroxyl groups excluding tert-OH is 1. The largest absolute Gasteiger partial charge is 0.481 e. The van der Waals surface area contributed by atoms with Crippen LogP contribution in [0.25, 0.3) is 0 Å². The van der Waals surface area contributed by atoms with Gasteiger partial charge in [0, 0.05) is 32.6 Å². The Bertz CT molecular complexity index is 915. The summed E-state index contributed by atoms with van der Waals surface area (Å²) < 4.78 is 1.68. The number of aliphatic carboxylic acids is 1. The minimum absolute atomic E-state index is 0.117. The number of carbonyl (C=O) groups excluding carboxylic acids is 1. The van der Waals surface area contributed by atoms with E-state index < -0.39 is 12.1 Å². The molecule has 0 saturated carbocycles. The summed E-state index contributed by atoms with van der Waals surface area (Å²) in [6.45, 7) is 6.01. The number of carboxylic acids is 1. The summed E-state index contributed by atoms with van der Waals surface area (Å²) in [7, 11) is 0. The summed E-state index contributed by atoms with van der Waals surface area (Å²) in [6.07, 6.45) is 0.589. The Hall–Kier alpha value is -2.85. The van der Waals surface area contributed by atoms with E-state index in [1.807, 2.05) is 30.9 Å². The second kappa shape index (κ2) is 11.1. The third-order valence-electron chi connectivity index (χ3n) is 5.73. The molecule has 1 aliphatic heterocycles. The molecular weight excluding hydrogens is 412 g/mol. The zero-order chi connectivity index (χ0) is 23.1. The molecule has 174 valence electrons. The zero-order valence-corrected chi connectivity index (χ0v) is 18.6. The number of hydrogen-bond donors (Lipinski definition) is 3. The van der Waals surface area contributed by atoms with E-state index in [1.165, 1.54) is 11.1 Å². The SMILES string of the molecule is CC(C)C(NCC(O)CC(=O)O)c1nnnn1CCCC(=O)N1CCc2ccccc2C1. The second-order valence-corrected chi connectivity index (χ2v) is 8.58. The van der Waals surface area contributed by atoms with Gasteiger partial charge in [0.05, 0.1) is 18.6 Å². The maximum atomic E-state index is 12.7. The van der Waals surface area contributed by atoms with Crippen molar-refractivity contribution in [2.24, 2.45) is 5.92 Å². The Labute approximate surface area is 187 Å². The third kappa shape index (κ3) is 6.33. The van der Waals surface area contributed by atoms with E-state index in [4.69, 9.17) is 5.11 Å². The van der Waals surface area contributed by atoms with Crippen LogP contribution in [0.5, 0.6) is 0 Å². The highest BCUT2D eigenvalue weighted by atomic mass is 16.4. The molecule has 1 aliphatic rings. The number of benzene rings is 1. The maximum Gasteiger partial charge on any atom is 0.306 e. The Morgan fingerprint density at radius 3 is 2.69 bits per heavy atom. The van der Waals surface area contributed by atoms with Crippen LogP contribution in [-0.4, -0.2) is 66.4 Å². The second-order valence-electron chi connectivity index (χ2n) is 8.58. The van der Waals surface area contributed by atoms with Crippen molar-refractivity contribution in [2.45, 2.75) is 64.8 Å². The molecule has 3 N–H and O–H groups in total. The number of aliphatic hydroxyl groups is 1. The lowest BCUT2D eigenvalue weighted by Crippen LogP contribution is -2.36. The number of aromatic nitrogens is 4. The minimum Gasteiger partial charge on any atom is -0.481 e. The number of amides is 1. The highest BCUT2D eigenvalue weighted by molar-refractivity contribution is 5.76. The topological polar surface area (TPSA) is 133 Å². The van der Waals surface area contributed by atoms with Gasteiger partial charge in [-0.1, -0.05) is 38.1 Å². The summed E-state index contributed by atoms with van der Waals surface area (Å²) in [5, 5.41) is 33.8. The molecule has 1 amide bonds. The monoisotopic (exact) mass is 444 g/mol. The van der Waals surface area contributed by atoms with E-state index >= 15 is 0 Å². The van der Waals surface area contributed by atoms with Gasteiger partial charge in [-0.2, -0.15) is 0 Å². The first kappa shape index (κ1) is 23.8. The number of hydrogen-bond acceptors (Lipinski definition) is 7. The molecule has 10 heteroatoms. The first-order chi connectivity index (χ1) is 15.3. The van der Waals surface area contributed by atoms with Crippen LogP contribution in [0.15, 0.2) is 24.3 Å². The summed E-state index contributed by atoms with van der Waals surface area (Å²) in [5.74, 6) is -0.190. The predicted octanol–water partition coefficient (Wildman–Crippen LogP) is 1.16. The lowest BCUT2D eigenvalue weighted by Gasteiger charge is -2.29. The molecule has 2 heterocycles. The molecule has 1 aromatic heterocycles. The Balaban J connectivity index is 1.52. The fourth-order valence-electron chi connectivity index (χ4n) is 4.00. The molecule has 1 aromatic carbocycles. The lowest BCUT2D eigenvalue weighted by atomic mass is 9.99. The summed E-state index contributed by atoms with van der Waals surface area (Å²) in [4.78, 5) is 25.4. The van der Waals surface area contributed by atoms with Crippen LogP contribution in [-0.2, 0) is 29.1 Å². The van der Waals surface area contributed by atoms with Crippen molar-refractivity contribution in [3.05, 3.63) is 41.2 Å². The molecule has 0 spiro atoms. The number of nitrogens with one attached hydrogen (secondary N) is 1. The van der Waals surface area contributed by atoms with E-state index in [0.717, 1.165) is 13.0 Å². The van der Waals surface area contributed by atoms with E-state index in [9.17, 15) is 14.7 Å². The van der Waals surface area contributed by atoms with Gasteiger partial charge in [-0.25, -0.2) is 4.68 Å². The van der Waals surface area contributed by atoms with Crippen molar-refractivity contribution >= 4 is 11.9 Å². The molecular formula is C22H32N6O4. The molecule has 2 aromatic rings. The molecule has 0 saturated heterocycles. The van der Waals surface area contributed by atoms with Crippen LogP contribution in [0, 0.1) is 5.92 Å². The average Bonchev–Trinajstić information content (AvgIpc) is 3.20. The molecule has 0 fully saturated rings. The normalized spacial score (nSPS) is 15.4. The van der Waals surface area contributed by atoms with Gasteiger partial charge in [-0.15, -0.1) is 5.10 Å². The number of carbonyl (C=O) groups is 2. The Morgan fingerprint density at radius 2 is 1.97 bits per heavy atom. The van der Waals surface area contributed by atoms with Gasteiger partial charge in [-0.05, 0) is 40.3 Å². The van der Waals surface area contributed by atoms with Crippen molar-refractivity contribution in [1.82, 2.24) is 30.4 Å². The number of fused-ring (bicyclic) bond motifs is 1. The fraction of sp³-hybridized carbons (Fsp3) is 0.591. The van der Waals surface area contributed by atoms with Crippen molar-refractivity contribution in [2.75, 3.05) is 13.1 Å². The molecule has 0 bridgehead atoms. The van der Waals surface area contributed by atoms with Crippen molar-refractivity contribution in [3.63, 3.8) is 0 Å². The number of rotatable bonds is 11. The van der Waals surface area contributed by atoms with Gasteiger partial charge in [0.25, 0.3) is 0 Å². The number of tetrazole rings is 1. The minimum atomic E-state index is -1.05. The van der Waals surface area contributed by atoms with Crippen LogP contribution in [0.4, 0.5) is 0 Å². The zero-order valence-electron chi connectivity index (χ0n) is 18.6. The number of nitrogens with zero attached hydrogens (tertiary/aromatic N) is 5. The van der Waals surface area contributed by atoms with Crippen LogP contribution in [0.3, 0.4) is 0 Å². The summed E-state index contributed by atoms with van der Waals surface area (Å²) in [6, 6.07) is 7.99. The van der Waals surface area contributed by atoms with Crippen LogP contribution in [0.1, 0.15) is 56.1 Å². The maximum absolute atomic E-state index is 12.7. The highest BCUT2D eigenvalue weighted by Gasteiger charge is 2.24. The van der Waals surface area contributed by atoms with E-state index in [1.54, 1.807) is 4.68 Å². The number of carboxylic acid groups (broad SMARTS) is 1. The first-order valence-corrected chi connectivity index (χ1v) is 11.1. The molecule has 0 aliphatic carbocycles. The quantitative estimate of drug-likeness (QED) is 0.470. The van der Waals surface area contributed by atoms with Crippen LogP contribution < -0.4 is 5.32 Å².